The van der Waals surface area contributed by atoms with Gasteiger partial charge in [-0.1, -0.05) is 18.2 Å². The fourth-order valence-corrected chi connectivity index (χ4v) is 3.39. The Hall–Kier alpha value is -4.03. The number of rotatable bonds is 5. The Labute approximate surface area is 169 Å². The maximum absolute atomic E-state index is 12.0. The van der Waals surface area contributed by atoms with Crippen LogP contribution < -0.4 is 0 Å². The Morgan fingerprint density at radius 3 is 2.10 bits per heavy atom. The van der Waals surface area contributed by atoms with E-state index in [1.54, 1.807) is 30.3 Å². The van der Waals surface area contributed by atoms with E-state index >= 15 is 0 Å². The minimum absolute atomic E-state index is 0.260. The number of hydrogen-bond donors (Lipinski definition) is 4. The lowest BCUT2D eigenvalue weighted by Gasteiger charge is -2.12. The molecule has 0 fully saturated rings. The third kappa shape index (κ3) is 4.04. The molecule has 12 heteroatoms. The first kappa shape index (κ1) is 20.7. The molecule has 30 heavy (non-hydrogen) atoms. The van der Waals surface area contributed by atoms with Gasteiger partial charge in [0.2, 0.25) is 5.75 Å². The Balaban J connectivity index is 2.31. The van der Waals surface area contributed by atoms with E-state index in [0.717, 1.165) is 24.3 Å². The van der Waals surface area contributed by atoms with E-state index < -0.39 is 54.0 Å². The molecule has 0 bridgehead atoms. The second kappa shape index (κ2) is 7.77. The molecule has 0 spiro atoms. The van der Waals surface area contributed by atoms with Crippen LogP contribution in [0, 0.1) is 10.1 Å². The number of phenolic OH excluding ortho intramolecular Hbond substituents is 3. The number of hydrogen-bond acceptors (Lipinski definition) is 9. The lowest BCUT2D eigenvalue weighted by molar-refractivity contribution is -0.384. The Morgan fingerprint density at radius 1 is 0.867 bits per heavy atom. The lowest BCUT2D eigenvalue weighted by atomic mass is 10.0. The molecular formula is C18H13N3O8S. The summed E-state index contributed by atoms with van der Waals surface area (Å²) in [6.07, 6.45) is 0. The van der Waals surface area contributed by atoms with Crippen molar-refractivity contribution in [3.05, 3.63) is 64.7 Å². The molecule has 0 atom stereocenters. The zero-order valence-electron chi connectivity index (χ0n) is 14.9. The Kier molecular flexibility index (Phi) is 5.36. The minimum Gasteiger partial charge on any atom is -0.504 e. The van der Waals surface area contributed by atoms with Crippen molar-refractivity contribution in [3.63, 3.8) is 0 Å². The number of nitro benzene ring substituents is 1. The number of benzene rings is 3. The summed E-state index contributed by atoms with van der Waals surface area (Å²) in [5, 5.41) is 48.5. The summed E-state index contributed by atoms with van der Waals surface area (Å²) in [6, 6.07) is 11.8. The first-order valence-corrected chi connectivity index (χ1v) is 9.54. The van der Waals surface area contributed by atoms with Crippen molar-refractivity contribution in [3.8, 4) is 28.4 Å². The molecule has 0 aromatic heterocycles. The van der Waals surface area contributed by atoms with Gasteiger partial charge in [-0.05, 0) is 30.3 Å². The second-order valence-corrected chi connectivity index (χ2v) is 7.33. The van der Waals surface area contributed by atoms with Crippen LogP contribution in [-0.4, -0.2) is 33.2 Å². The average Bonchev–Trinajstić information content (AvgIpc) is 2.70. The quantitative estimate of drug-likeness (QED) is 0.153. The topological polar surface area (TPSA) is 183 Å². The summed E-state index contributed by atoms with van der Waals surface area (Å²) < 4.78 is 33.6. The minimum atomic E-state index is -5.04. The SMILES string of the molecule is O=[N+]([O-])c1cc(N=Nc2ccccc2)cc(S(=O)(=O)O)c1-c1ccc(O)c(O)c1O. The summed E-state index contributed by atoms with van der Waals surface area (Å²) in [6.45, 7) is 0. The standard InChI is InChI=1S/C18H13N3O8S/c22-14-7-6-12(17(23)18(14)24)16-13(21(25)26)8-11(9-15(16)30(27,28)29)20-19-10-4-2-1-3-5-10/h1-9,22-24H,(H,27,28,29). The van der Waals surface area contributed by atoms with Crippen LogP contribution in [0.25, 0.3) is 11.1 Å². The van der Waals surface area contributed by atoms with Gasteiger partial charge in [-0.25, -0.2) is 0 Å². The summed E-state index contributed by atoms with van der Waals surface area (Å²) >= 11 is 0. The molecule has 3 rings (SSSR count). The summed E-state index contributed by atoms with van der Waals surface area (Å²) in [4.78, 5) is 9.73. The van der Waals surface area contributed by atoms with Crippen LogP contribution in [0.4, 0.5) is 17.1 Å². The highest BCUT2D eigenvalue weighted by molar-refractivity contribution is 7.86. The third-order valence-corrected chi connectivity index (χ3v) is 4.85. The highest BCUT2D eigenvalue weighted by Gasteiger charge is 2.30. The van der Waals surface area contributed by atoms with Gasteiger partial charge in [-0.15, -0.1) is 0 Å². The van der Waals surface area contributed by atoms with Crippen LogP contribution >= 0.6 is 0 Å². The first-order chi connectivity index (χ1) is 14.1. The molecule has 0 aliphatic carbocycles. The van der Waals surface area contributed by atoms with E-state index in [2.05, 4.69) is 10.2 Å². The predicted octanol–water partition coefficient (Wildman–Crippen LogP) is 4.04. The van der Waals surface area contributed by atoms with E-state index in [9.17, 15) is 38.4 Å². The summed E-state index contributed by atoms with van der Waals surface area (Å²) in [5.41, 5.74) is -1.92. The fourth-order valence-electron chi connectivity index (χ4n) is 2.64. The molecule has 4 N–H and O–H groups in total. The number of phenols is 3. The van der Waals surface area contributed by atoms with Gasteiger partial charge in [0.25, 0.3) is 15.8 Å². The highest BCUT2D eigenvalue weighted by atomic mass is 32.2. The molecule has 3 aromatic rings. The van der Waals surface area contributed by atoms with Crippen LogP contribution in [0.2, 0.25) is 0 Å². The van der Waals surface area contributed by atoms with Gasteiger partial charge in [0.05, 0.1) is 21.9 Å². The van der Waals surface area contributed by atoms with E-state index in [0.29, 0.717) is 5.69 Å². The number of azo groups is 1. The predicted molar refractivity (Wildman–Crippen MR) is 104 cm³/mol. The first-order valence-electron chi connectivity index (χ1n) is 8.10. The molecule has 11 nitrogen and oxygen atoms in total. The van der Waals surface area contributed by atoms with Crippen LogP contribution in [0.1, 0.15) is 0 Å². The number of nitrogens with zero attached hydrogens (tertiary/aromatic N) is 3. The second-order valence-electron chi connectivity index (χ2n) is 5.94. The Bertz CT molecular complexity index is 1270. The van der Waals surface area contributed by atoms with E-state index in [1.807, 2.05) is 0 Å². The van der Waals surface area contributed by atoms with Crippen LogP contribution in [0.3, 0.4) is 0 Å². The molecule has 0 radical (unpaired) electrons. The monoisotopic (exact) mass is 431 g/mol. The van der Waals surface area contributed by atoms with Gasteiger partial charge in [0.15, 0.2) is 11.5 Å². The molecule has 0 amide bonds. The molecule has 0 saturated carbocycles. The molecular weight excluding hydrogens is 418 g/mol. The number of aromatic hydroxyl groups is 3. The van der Waals surface area contributed by atoms with Gasteiger partial charge < -0.3 is 15.3 Å². The van der Waals surface area contributed by atoms with Crippen LogP contribution in [0.15, 0.2) is 69.7 Å². The fraction of sp³-hybridized carbons (Fsp3) is 0. The van der Waals surface area contributed by atoms with E-state index in [4.69, 9.17) is 0 Å². The zero-order valence-corrected chi connectivity index (χ0v) is 15.7. The van der Waals surface area contributed by atoms with Gasteiger partial charge in [0.1, 0.15) is 4.90 Å². The van der Waals surface area contributed by atoms with Crippen molar-refractivity contribution in [1.29, 1.82) is 0 Å². The van der Waals surface area contributed by atoms with Crippen molar-refractivity contribution in [1.82, 2.24) is 0 Å². The van der Waals surface area contributed by atoms with Gasteiger partial charge in [-0.3, -0.25) is 14.7 Å². The molecule has 0 saturated heterocycles. The molecule has 0 aliphatic heterocycles. The van der Waals surface area contributed by atoms with E-state index in [-0.39, 0.29) is 5.69 Å². The summed E-state index contributed by atoms with van der Waals surface area (Å²) in [5.74, 6) is -2.77. The van der Waals surface area contributed by atoms with Crippen molar-refractivity contribution >= 4 is 27.2 Å². The highest BCUT2D eigenvalue weighted by Crippen LogP contribution is 2.48. The van der Waals surface area contributed by atoms with Gasteiger partial charge >= 0.3 is 0 Å². The molecule has 0 heterocycles. The maximum atomic E-state index is 12.0. The molecule has 0 aliphatic rings. The molecule has 154 valence electrons. The lowest BCUT2D eigenvalue weighted by Crippen LogP contribution is -2.04. The largest absolute Gasteiger partial charge is 0.504 e. The Morgan fingerprint density at radius 2 is 1.50 bits per heavy atom. The smallest absolute Gasteiger partial charge is 0.295 e. The van der Waals surface area contributed by atoms with Crippen LogP contribution in [0.5, 0.6) is 17.2 Å². The average molecular weight is 431 g/mol. The van der Waals surface area contributed by atoms with Gasteiger partial charge in [0, 0.05) is 11.6 Å². The van der Waals surface area contributed by atoms with Crippen molar-refractivity contribution in [2.24, 2.45) is 10.2 Å². The van der Waals surface area contributed by atoms with Crippen molar-refractivity contribution in [2.45, 2.75) is 4.90 Å². The third-order valence-electron chi connectivity index (χ3n) is 3.98. The normalized spacial score (nSPS) is 11.6. The molecule has 3 aromatic carbocycles. The van der Waals surface area contributed by atoms with Crippen molar-refractivity contribution < 1.29 is 33.2 Å². The van der Waals surface area contributed by atoms with Crippen LogP contribution in [-0.2, 0) is 10.1 Å². The molecule has 0 unspecified atom stereocenters. The summed E-state index contributed by atoms with van der Waals surface area (Å²) in [7, 11) is -5.04. The van der Waals surface area contributed by atoms with Gasteiger partial charge in [-0.2, -0.15) is 18.6 Å². The van der Waals surface area contributed by atoms with E-state index in [1.165, 1.54) is 0 Å². The van der Waals surface area contributed by atoms with Crippen molar-refractivity contribution in [2.75, 3.05) is 0 Å². The zero-order chi connectivity index (χ0) is 22.1. The maximum Gasteiger partial charge on any atom is 0.295 e. The number of nitro groups is 1.